The molecular formula is C16H28N2O3. The molecule has 2 atom stereocenters. The molecule has 0 aliphatic heterocycles. The van der Waals surface area contributed by atoms with Crippen molar-refractivity contribution >= 4 is 0 Å². The minimum Gasteiger partial charge on any atom is -0.496 e. The van der Waals surface area contributed by atoms with Crippen molar-refractivity contribution in [2.24, 2.45) is 5.73 Å². The number of nitrogens with two attached hydrogens (primary N) is 1. The van der Waals surface area contributed by atoms with Gasteiger partial charge in [0, 0.05) is 24.7 Å². The molecule has 0 saturated heterocycles. The van der Waals surface area contributed by atoms with Crippen molar-refractivity contribution in [3.05, 3.63) is 17.7 Å². The van der Waals surface area contributed by atoms with Crippen LogP contribution in [0.4, 0.5) is 0 Å². The maximum absolute atomic E-state index is 6.03. The molecule has 5 nitrogen and oxygen atoms in total. The Morgan fingerprint density at radius 2 is 1.62 bits per heavy atom. The zero-order chi connectivity index (χ0) is 16.0. The number of ether oxygens (including phenoxy) is 3. The van der Waals surface area contributed by atoms with E-state index in [1.807, 2.05) is 12.1 Å². The summed E-state index contributed by atoms with van der Waals surface area (Å²) in [7, 11) is 7.00. The molecule has 120 valence electrons. The minimum atomic E-state index is 0.0238. The average Bonchev–Trinajstić information content (AvgIpc) is 2.53. The van der Waals surface area contributed by atoms with Gasteiger partial charge in [-0.3, -0.25) is 4.90 Å². The fourth-order valence-corrected chi connectivity index (χ4v) is 2.44. The van der Waals surface area contributed by atoms with E-state index in [4.69, 9.17) is 19.9 Å². The number of rotatable bonds is 8. The van der Waals surface area contributed by atoms with E-state index < -0.39 is 0 Å². The van der Waals surface area contributed by atoms with Gasteiger partial charge in [-0.05, 0) is 20.4 Å². The number of hydrogen-bond acceptors (Lipinski definition) is 5. The van der Waals surface area contributed by atoms with Crippen LogP contribution in [0, 0.1) is 0 Å². The van der Waals surface area contributed by atoms with E-state index in [1.54, 1.807) is 21.3 Å². The van der Waals surface area contributed by atoms with Gasteiger partial charge in [0.2, 0.25) is 0 Å². The molecule has 2 unspecified atom stereocenters. The van der Waals surface area contributed by atoms with Gasteiger partial charge in [-0.15, -0.1) is 0 Å². The summed E-state index contributed by atoms with van der Waals surface area (Å²) in [4.78, 5) is 2.26. The maximum Gasteiger partial charge on any atom is 0.131 e. The fourth-order valence-electron chi connectivity index (χ4n) is 2.44. The van der Waals surface area contributed by atoms with Gasteiger partial charge in [0.1, 0.15) is 17.2 Å². The molecular weight excluding hydrogens is 268 g/mol. The Hall–Kier alpha value is -1.46. The van der Waals surface area contributed by atoms with Gasteiger partial charge in [-0.1, -0.05) is 6.92 Å². The summed E-state index contributed by atoms with van der Waals surface area (Å²) in [6, 6.07) is 4.17. The van der Waals surface area contributed by atoms with E-state index in [1.165, 1.54) is 0 Å². The van der Waals surface area contributed by atoms with Crippen LogP contribution in [0.5, 0.6) is 17.2 Å². The molecule has 1 rings (SSSR count). The third kappa shape index (κ3) is 3.80. The van der Waals surface area contributed by atoms with Crippen LogP contribution in [-0.4, -0.2) is 45.9 Å². The molecule has 2 N–H and O–H groups in total. The first kappa shape index (κ1) is 17.6. The van der Waals surface area contributed by atoms with Crippen LogP contribution in [0.1, 0.15) is 31.9 Å². The van der Waals surface area contributed by atoms with E-state index in [-0.39, 0.29) is 6.04 Å². The van der Waals surface area contributed by atoms with E-state index in [0.29, 0.717) is 18.3 Å². The van der Waals surface area contributed by atoms with Gasteiger partial charge >= 0.3 is 0 Å². The van der Waals surface area contributed by atoms with Crippen molar-refractivity contribution < 1.29 is 14.2 Å². The van der Waals surface area contributed by atoms with Crippen LogP contribution >= 0.6 is 0 Å². The molecule has 0 spiro atoms. The highest BCUT2D eigenvalue weighted by atomic mass is 16.5. The van der Waals surface area contributed by atoms with Crippen LogP contribution in [0.3, 0.4) is 0 Å². The lowest BCUT2D eigenvalue weighted by molar-refractivity contribution is 0.178. The largest absolute Gasteiger partial charge is 0.496 e. The van der Waals surface area contributed by atoms with Crippen LogP contribution < -0.4 is 19.9 Å². The Balaban J connectivity index is 3.36. The zero-order valence-corrected chi connectivity index (χ0v) is 14.0. The summed E-state index contributed by atoms with van der Waals surface area (Å²) >= 11 is 0. The molecule has 1 aromatic carbocycles. The normalized spacial score (nSPS) is 13.9. The van der Waals surface area contributed by atoms with E-state index in [0.717, 1.165) is 23.5 Å². The van der Waals surface area contributed by atoms with Crippen molar-refractivity contribution in [3.63, 3.8) is 0 Å². The predicted octanol–water partition coefficient (Wildman–Crippen LogP) is 2.44. The van der Waals surface area contributed by atoms with Crippen LogP contribution in [0.25, 0.3) is 0 Å². The first-order valence-corrected chi connectivity index (χ1v) is 7.25. The number of methoxy groups -OCH3 is 3. The first-order chi connectivity index (χ1) is 10.0. The molecule has 1 aromatic rings. The van der Waals surface area contributed by atoms with Gasteiger partial charge < -0.3 is 19.9 Å². The molecule has 0 aliphatic rings. The van der Waals surface area contributed by atoms with E-state index in [9.17, 15) is 0 Å². The second kappa shape index (κ2) is 8.10. The molecule has 0 heterocycles. The molecule has 0 fully saturated rings. The Labute approximate surface area is 128 Å². The number of nitrogens with zero attached hydrogens (tertiary/aromatic N) is 1. The third-order valence-corrected chi connectivity index (χ3v) is 4.09. The highest BCUT2D eigenvalue weighted by Gasteiger charge is 2.26. The van der Waals surface area contributed by atoms with Crippen LogP contribution in [0.2, 0.25) is 0 Å². The Kier molecular flexibility index (Phi) is 6.78. The molecule has 0 radical (unpaired) electrons. The topological polar surface area (TPSA) is 57.0 Å². The molecule has 0 bridgehead atoms. The molecule has 0 saturated carbocycles. The Bertz CT molecular complexity index is 426. The summed E-state index contributed by atoms with van der Waals surface area (Å²) in [6.07, 6.45) is 1.05. The van der Waals surface area contributed by atoms with Gasteiger partial charge in [0.25, 0.3) is 0 Å². The summed E-state index contributed by atoms with van der Waals surface area (Å²) in [6.45, 7) is 4.84. The first-order valence-electron chi connectivity index (χ1n) is 7.25. The quantitative estimate of drug-likeness (QED) is 0.798. The van der Waals surface area contributed by atoms with Gasteiger partial charge in [-0.2, -0.15) is 0 Å². The maximum atomic E-state index is 6.03. The second-order valence-corrected chi connectivity index (χ2v) is 5.12. The smallest absolute Gasteiger partial charge is 0.131 e. The standard InChI is InChI=1S/C16H28N2O3/c1-7-11(2)18(3)13(10-17)16-14(20-5)8-12(19-4)9-15(16)21-6/h8-9,11,13H,7,10,17H2,1-6H3. The van der Waals surface area contributed by atoms with Gasteiger partial charge in [0.05, 0.1) is 32.9 Å². The minimum absolute atomic E-state index is 0.0238. The lowest BCUT2D eigenvalue weighted by Gasteiger charge is -2.33. The average molecular weight is 296 g/mol. The second-order valence-electron chi connectivity index (χ2n) is 5.12. The molecule has 0 amide bonds. The van der Waals surface area contributed by atoms with Crippen LogP contribution in [0.15, 0.2) is 12.1 Å². The van der Waals surface area contributed by atoms with Crippen molar-refractivity contribution in [1.82, 2.24) is 4.90 Å². The number of likely N-dealkylation sites (N-methyl/N-ethyl adjacent to an activating group) is 1. The van der Waals surface area contributed by atoms with E-state index in [2.05, 4.69) is 25.8 Å². The fraction of sp³-hybridized carbons (Fsp3) is 0.625. The van der Waals surface area contributed by atoms with Gasteiger partial charge in [0.15, 0.2) is 0 Å². The third-order valence-electron chi connectivity index (χ3n) is 4.09. The van der Waals surface area contributed by atoms with Gasteiger partial charge in [-0.25, -0.2) is 0 Å². The SMILES string of the molecule is CCC(C)N(C)C(CN)c1c(OC)cc(OC)cc1OC. The molecule has 0 aromatic heterocycles. The van der Waals surface area contributed by atoms with Crippen molar-refractivity contribution in [2.45, 2.75) is 32.4 Å². The predicted molar refractivity (Wildman–Crippen MR) is 85.4 cm³/mol. The number of hydrogen-bond donors (Lipinski definition) is 1. The van der Waals surface area contributed by atoms with Crippen molar-refractivity contribution in [2.75, 3.05) is 34.9 Å². The zero-order valence-electron chi connectivity index (χ0n) is 14.0. The van der Waals surface area contributed by atoms with Crippen molar-refractivity contribution in [3.8, 4) is 17.2 Å². The lowest BCUT2D eigenvalue weighted by Crippen LogP contribution is -2.37. The molecule has 21 heavy (non-hydrogen) atoms. The highest BCUT2D eigenvalue weighted by Crippen LogP contribution is 2.40. The van der Waals surface area contributed by atoms with Crippen molar-refractivity contribution in [1.29, 1.82) is 0 Å². The van der Waals surface area contributed by atoms with E-state index >= 15 is 0 Å². The molecule has 0 aliphatic carbocycles. The summed E-state index contributed by atoms with van der Waals surface area (Å²) in [5.74, 6) is 2.17. The summed E-state index contributed by atoms with van der Waals surface area (Å²) in [5, 5.41) is 0. The summed E-state index contributed by atoms with van der Waals surface area (Å²) in [5.41, 5.74) is 7.00. The Morgan fingerprint density at radius 1 is 1.10 bits per heavy atom. The highest BCUT2D eigenvalue weighted by molar-refractivity contribution is 5.52. The Morgan fingerprint density at radius 3 is 1.95 bits per heavy atom. The summed E-state index contributed by atoms with van der Waals surface area (Å²) < 4.78 is 16.4. The lowest BCUT2D eigenvalue weighted by atomic mass is 10.0. The number of benzene rings is 1. The molecule has 5 heteroatoms. The van der Waals surface area contributed by atoms with Crippen LogP contribution in [-0.2, 0) is 0 Å². The monoisotopic (exact) mass is 296 g/mol.